The van der Waals surface area contributed by atoms with E-state index in [2.05, 4.69) is 4.52 Å². The highest BCUT2D eigenvalue weighted by atomic mass is 31.2. The third-order valence-electron chi connectivity index (χ3n) is 4.30. The van der Waals surface area contributed by atoms with E-state index in [1.807, 2.05) is 0 Å². The average Bonchev–Trinajstić information content (AvgIpc) is 2.85. The Kier molecular flexibility index (Phi) is 7.33. The molecule has 0 aromatic rings. The number of phosphoric ester groups is 1. The summed E-state index contributed by atoms with van der Waals surface area (Å²) < 4.78 is 30.4. The van der Waals surface area contributed by atoms with Crippen molar-refractivity contribution in [2.45, 2.75) is 54.8 Å². The average molecular weight is 422 g/mol. The van der Waals surface area contributed by atoms with Crippen molar-refractivity contribution in [1.29, 1.82) is 0 Å². The van der Waals surface area contributed by atoms with Gasteiger partial charge in [0.15, 0.2) is 6.29 Å². The number of phosphoric acid groups is 1. The van der Waals surface area contributed by atoms with Crippen LogP contribution in [0.3, 0.4) is 0 Å². The first-order valence-electron chi connectivity index (χ1n) is 7.79. The van der Waals surface area contributed by atoms with Crippen LogP contribution in [0.4, 0.5) is 0 Å². The summed E-state index contributed by atoms with van der Waals surface area (Å²) in [6.45, 7) is -2.74. The second-order valence-corrected chi connectivity index (χ2v) is 7.40. The number of aliphatic hydroxyl groups is 7. The number of hydrogen-bond donors (Lipinski definition) is 9. The fourth-order valence-corrected chi connectivity index (χ4v) is 3.13. The van der Waals surface area contributed by atoms with Gasteiger partial charge in [-0.3, -0.25) is 4.52 Å². The SMILES string of the molecule is O=P(O)(O)OC[C@H]1OC(CO)(OC2O[C@H](CO)[C@@H](O)[C@H](O)[C@H]2O)[C@@H](O)[C@@H]1O. The summed E-state index contributed by atoms with van der Waals surface area (Å²) in [7, 11) is -4.92. The highest BCUT2D eigenvalue weighted by Crippen LogP contribution is 2.40. The predicted molar refractivity (Wildman–Crippen MR) is 79.6 cm³/mol. The largest absolute Gasteiger partial charge is 0.469 e. The van der Waals surface area contributed by atoms with Crippen LogP contribution in [0.1, 0.15) is 0 Å². The topological polar surface area (TPSA) is 236 Å². The molecule has 0 aliphatic carbocycles. The highest BCUT2D eigenvalue weighted by molar-refractivity contribution is 7.46. The lowest BCUT2D eigenvalue weighted by molar-refractivity contribution is -0.383. The molecule has 160 valence electrons. The van der Waals surface area contributed by atoms with E-state index < -0.39 is 82.4 Å². The van der Waals surface area contributed by atoms with Gasteiger partial charge in [-0.1, -0.05) is 0 Å². The molecule has 14 nitrogen and oxygen atoms in total. The third kappa shape index (κ3) is 4.83. The molecule has 0 saturated carbocycles. The Balaban J connectivity index is 2.15. The van der Waals surface area contributed by atoms with Crippen LogP contribution >= 0.6 is 7.82 Å². The van der Waals surface area contributed by atoms with Crippen LogP contribution in [-0.2, 0) is 23.3 Å². The van der Waals surface area contributed by atoms with Gasteiger partial charge in [0.05, 0.1) is 13.2 Å². The Hall–Kier alpha value is -0.290. The van der Waals surface area contributed by atoms with Crippen LogP contribution in [-0.4, -0.2) is 120 Å². The van der Waals surface area contributed by atoms with Crippen molar-refractivity contribution in [3.63, 3.8) is 0 Å². The van der Waals surface area contributed by atoms with Gasteiger partial charge in [0, 0.05) is 0 Å². The lowest BCUT2D eigenvalue weighted by atomic mass is 9.99. The number of ether oxygens (including phenoxy) is 3. The Morgan fingerprint density at radius 2 is 1.56 bits per heavy atom. The molecular weight excluding hydrogens is 399 g/mol. The van der Waals surface area contributed by atoms with Crippen LogP contribution < -0.4 is 0 Å². The molecule has 0 aromatic carbocycles. The molecule has 2 aliphatic heterocycles. The van der Waals surface area contributed by atoms with Gasteiger partial charge < -0.3 is 59.7 Å². The van der Waals surface area contributed by atoms with Gasteiger partial charge in [-0.25, -0.2) is 4.57 Å². The summed E-state index contributed by atoms with van der Waals surface area (Å²) in [5.41, 5.74) is 0. The van der Waals surface area contributed by atoms with E-state index in [0.717, 1.165) is 0 Å². The van der Waals surface area contributed by atoms with Crippen molar-refractivity contribution in [3.05, 3.63) is 0 Å². The maximum absolute atomic E-state index is 10.8. The Labute approximate surface area is 152 Å². The lowest BCUT2D eigenvalue weighted by Gasteiger charge is -2.43. The summed E-state index contributed by atoms with van der Waals surface area (Å²) in [4.78, 5) is 17.4. The second-order valence-electron chi connectivity index (χ2n) is 6.16. The standard InChI is InChI=1S/C12H23O14P/c13-1-4-6(15)8(17)9(18)11(24-4)26-12(3-14)10(19)7(16)5(25-12)2-23-27(20,21)22/h4-11,13-19H,1-3H2,(H2,20,21,22)/t4-,5-,6-,7-,8+,9-,10+,11?,12?/m1/s1. The monoisotopic (exact) mass is 422 g/mol. The van der Waals surface area contributed by atoms with Gasteiger partial charge in [0.2, 0.25) is 5.79 Å². The predicted octanol–water partition coefficient (Wildman–Crippen LogP) is -5.28. The number of hydrogen-bond acceptors (Lipinski definition) is 12. The van der Waals surface area contributed by atoms with Crippen molar-refractivity contribution in [2.24, 2.45) is 0 Å². The molecule has 15 heteroatoms. The van der Waals surface area contributed by atoms with Crippen LogP contribution in [0.5, 0.6) is 0 Å². The maximum atomic E-state index is 10.8. The Morgan fingerprint density at radius 1 is 0.926 bits per heavy atom. The maximum Gasteiger partial charge on any atom is 0.469 e. The van der Waals surface area contributed by atoms with Gasteiger partial charge in [0.1, 0.15) is 49.3 Å². The molecule has 2 unspecified atom stereocenters. The first kappa shape index (κ1) is 23.0. The Bertz CT molecular complexity index is 540. The second kappa shape index (κ2) is 8.61. The van der Waals surface area contributed by atoms with Crippen molar-refractivity contribution >= 4 is 7.82 Å². The minimum atomic E-state index is -4.92. The molecule has 2 aliphatic rings. The molecule has 9 atom stereocenters. The first-order valence-corrected chi connectivity index (χ1v) is 9.32. The summed E-state index contributed by atoms with van der Waals surface area (Å²) >= 11 is 0. The molecule has 0 bridgehead atoms. The van der Waals surface area contributed by atoms with Gasteiger partial charge in [-0.05, 0) is 0 Å². The summed E-state index contributed by atoms with van der Waals surface area (Å²) in [6, 6.07) is 0. The highest BCUT2D eigenvalue weighted by Gasteiger charge is 2.58. The van der Waals surface area contributed by atoms with Gasteiger partial charge in [-0.2, -0.15) is 0 Å². The summed E-state index contributed by atoms with van der Waals surface area (Å²) in [5.74, 6) is -2.42. The first-order chi connectivity index (χ1) is 12.5. The summed E-state index contributed by atoms with van der Waals surface area (Å²) in [6.07, 6.45) is -13.9. The molecule has 2 heterocycles. The van der Waals surface area contributed by atoms with Crippen LogP contribution in [0.2, 0.25) is 0 Å². The third-order valence-corrected chi connectivity index (χ3v) is 4.78. The Morgan fingerprint density at radius 3 is 2.07 bits per heavy atom. The van der Waals surface area contributed by atoms with E-state index in [0.29, 0.717) is 0 Å². The molecule has 2 fully saturated rings. The van der Waals surface area contributed by atoms with Gasteiger partial charge in [0.25, 0.3) is 0 Å². The zero-order chi connectivity index (χ0) is 20.6. The minimum absolute atomic E-state index is 0.762. The van der Waals surface area contributed by atoms with E-state index in [1.165, 1.54) is 0 Å². The van der Waals surface area contributed by atoms with Crippen LogP contribution in [0.15, 0.2) is 0 Å². The molecule has 2 saturated heterocycles. The van der Waals surface area contributed by atoms with E-state index in [1.54, 1.807) is 0 Å². The fourth-order valence-electron chi connectivity index (χ4n) is 2.79. The zero-order valence-corrected chi connectivity index (χ0v) is 14.6. The van der Waals surface area contributed by atoms with Crippen molar-refractivity contribution in [1.82, 2.24) is 0 Å². The molecule has 0 aromatic heterocycles. The van der Waals surface area contributed by atoms with Crippen molar-refractivity contribution in [2.75, 3.05) is 19.8 Å². The van der Waals surface area contributed by atoms with E-state index in [4.69, 9.17) is 29.1 Å². The number of aliphatic hydroxyl groups excluding tert-OH is 7. The van der Waals surface area contributed by atoms with E-state index in [-0.39, 0.29) is 0 Å². The normalized spacial score (nSPS) is 46.0. The smallest absolute Gasteiger partial charge is 0.394 e. The molecule has 9 N–H and O–H groups in total. The van der Waals surface area contributed by atoms with Crippen LogP contribution in [0.25, 0.3) is 0 Å². The van der Waals surface area contributed by atoms with Crippen molar-refractivity contribution < 1.29 is 68.8 Å². The zero-order valence-electron chi connectivity index (χ0n) is 13.8. The molecular formula is C12H23O14P. The number of rotatable bonds is 7. The minimum Gasteiger partial charge on any atom is -0.394 e. The lowest BCUT2D eigenvalue weighted by Crippen LogP contribution is -2.62. The molecule has 0 spiro atoms. The molecule has 2 rings (SSSR count). The van der Waals surface area contributed by atoms with Gasteiger partial charge >= 0.3 is 7.82 Å². The molecule has 27 heavy (non-hydrogen) atoms. The summed E-state index contributed by atoms with van der Waals surface area (Å²) in [5, 5.41) is 68.3. The van der Waals surface area contributed by atoms with Crippen molar-refractivity contribution in [3.8, 4) is 0 Å². The van der Waals surface area contributed by atoms with Gasteiger partial charge in [-0.15, -0.1) is 0 Å². The van der Waals surface area contributed by atoms with E-state index in [9.17, 15) is 35.2 Å². The quantitative estimate of drug-likeness (QED) is 0.174. The molecule has 0 radical (unpaired) electrons. The molecule has 0 amide bonds. The van der Waals surface area contributed by atoms with E-state index >= 15 is 0 Å². The fraction of sp³-hybridized carbons (Fsp3) is 1.00. The van der Waals surface area contributed by atoms with Crippen LogP contribution in [0, 0.1) is 0 Å².